The summed E-state index contributed by atoms with van der Waals surface area (Å²) in [6.45, 7) is 2.76. The van der Waals surface area contributed by atoms with Crippen molar-refractivity contribution >= 4 is 23.2 Å². The molecule has 0 aromatic heterocycles. The maximum absolute atomic E-state index is 8.96. The van der Waals surface area contributed by atoms with Crippen molar-refractivity contribution < 1.29 is 9.84 Å². The van der Waals surface area contributed by atoms with Gasteiger partial charge in [0.25, 0.3) is 0 Å². The molecule has 1 atom stereocenters. The number of ether oxygens (including phenoxy) is 1. The van der Waals surface area contributed by atoms with Gasteiger partial charge in [0.2, 0.25) is 0 Å². The molecule has 0 saturated heterocycles. The standard InChI is InChI=1S/C16H21NO2.ClH/c1-2-19-15-10-9-12-6-3-4-7-13(12)16(15)14(17)8-5-11-18;/h3-4,6-7,9-10,14,18H,2,5,8,11,17H2,1H3;1H/t14-;/m1./s1. The Bertz CT molecular complexity index is 545. The van der Waals surface area contributed by atoms with Gasteiger partial charge in [0.15, 0.2) is 0 Å². The van der Waals surface area contributed by atoms with Crippen LogP contribution < -0.4 is 10.5 Å². The van der Waals surface area contributed by atoms with Crippen LogP contribution in [0.5, 0.6) is 5.75 Å². The van der Waals surface area contributed by atoms with Crippen molar-refractivity contribution in [3.8, 4) is 5.75 Å². The molecule has 0 aliphatic heterocycles. The van der Waals surface area contributed by atoms with Crippen LogP contribution in [-0.2, 0) is 0 Å². The fourth-order valence-electron chi connectivity index (χ4n) is 2.39. The Morgan fingerprint density at radius 1 is 1.20 bits per heavy atom. The minimum absolute atomic E-state index is 0. The summed E-state index contributed by atoms with van der Waals surface area (Å²) in [5.41, 5.74) is 7.34. The second-order valence-electron chi connectivity index (χ2n) is 4.60. The van der Waals surface area contributed by atoms with E-state index in [1.165, 1.54) is 5.39 Å². The lowest BCUT2D eigenvalue weighted by Gasteiger charge is -2.19. The SMILES string of the molecule is CCOc1ccc2ccccc2c1[C@H](N)CCCO.Cl. The van der Waals surface area contributed by atoms with Crippen molar-refractivity contribution in [1.29, 1.82) is 0 Å². The Balaban J connectivity index is 0.00000200. The van der Waals surface area contributed by atoms with E-state index in [1.54, 1.807) is 0 Å². The molecular weight excluding hydrogens is 274 g/mol. The van der Waals surface area contributed by atoms with E-state index in [9.17, 15) is 0 Å². The molecule has 0 unspecified atom stereocenters. The Morgan fingerprint density at radius 2 is 1.95 bits per heavy atom. The molecule has 2 rings (SSSR count). The maximum Gasteiger partial charge on any atom is 0.124 e. The monoisotopic (exact) mass is 295 g/mol. The Morgan fingerprint density at radius 3 is 2.65 bits per heavy atom. The molecule has 0 aliphatic rings. The van der Waals surface area contributed by atoms with Crippen LogP contribution in [0.3, 0.4) is 0 Å². The molecule has 0 fully saturated rings. The lowest BCUT2D eigenvalue weighted by Crippen LogP contribution is -2.13. The summed E-state index contributed by atoms with van der Waals surface area (Å²) in [6.07, 6.45) is 1.46. The van der Waals surface area contributed by atoms with Crippen LogP contribution in [0.2, 0.25) is 0 Å². The molecule has 110 valence electrons. The van der Waals surface area contributed by atoms with Gasteiger partial charge < -0.3 is 15.6 Å². The van der Waals surface area contributed by atoms with E-state index in [4.69, 9.17) is 15.6 Å². The lowest BCUT2D eigenvalue weighted by atomic mass is 9.95. The van der Waals surface area contributed by atoms with Crippen LogP contribution in [0.1, 0.15) is 31.4 Å². The number of rotatable bonds is 6. The topological polar surface area (TPSA) is 55.5 Å². The summed E-state index contributed by atoms with van der Waals surface area (Å²) in [6, 6.07) is 12.1. The quantitative estimate of drug-likeness (QED) is 0.858. The van der Waals surface area contributed by atoms with Gasteiger partial charge in [-0.1, -0.05) is 30.3 Å². The van der Waals surface area contributed by atoms with Crippen molar-refractivity contribution in [3.05, 3.63) is 42.0 Å². The summed E-state index contributed by atoms with van der Waals surface area (Å²) in [4.78, 5) is 0. The predicted octanol–water partition coefficient (Wildman–Crippen LogP) is 3.43. The average Bonchev–Trinajstić information content (AvgIpc) is 2.45. The number of aliphatic hydroxyl groups is 1. The lowest BCUT2D eigenvalue weighted by molar-refractivity contribution is 0.278. The third-order valence-electron chi connectivity index (χ3n) is 3.27. The highest BCUT2D eigenvalue weighted by molar-refractivity contribution is 5.88. The molecule has 0 aliphatic carbocycles. The van der Waals surface area contributed by atoms with Crippen LogP contribution in [0.4, 0.5) is 0 Å². The summed E-state index contributed by atoms with van der Waals surface area (Å²) in [7, 11) is 0. The van der Waals surface area contributed by atoms with Crippen molar-refractivity contribution in [1.82, 2.24) is 0 Å². The smallest absolute Gasteiger partial charge is 0.124 e. The largest absolute Gasteiger partial charge is 0.494 e. The summed E-state index contributed by atoms with van der Waals surface area (Å²) >= 11 is 0. The molecule has 0 spiro atoms. The van der Waals surface area contributed by atoms with Gasteiger partial charge in [-0.2, -0.15) is 0 Å². The molecule has 0 amide bonds. The van der Waals surface area contributed by atoms with Gasteiger partial charge in [0.05, 0.1) is 6.61 Å². The Kier molecular flexibility index (Phi) is 6.79. The number of benzene rings is 2. The number of hydrogen-bond donors (Lipinski definition) is 2. The number of nitrogens with two attached hydrogens (primary N) is 1. The van der Waals surface area contributed by atoms with Gasteiger partial charge in [0.1, 0.15) is 5.75 Å². The van der Waals surface area contributed by atoms with Gasteiger partial charge >= 0.3 is 0 Å². The molecular formula is C16H22ClNO2. The van der Waals surface area contributed by atoms with E-state index in [2.05, 4.69) is 18.2 Å². The van der Waals surface area contributed by atoms with Crippen molar-refractivity contribution in [3.63, 3.8) is 0 Å². The molecule has 3 nitrogen and oxygen atoms in total. The minimum atomic E-state index is -0.111. The zero-order chi connectivity index (χ0) is 13.7. The van der Waals surface area contributed by atoms with E-state index in [0.29, 0.717) is 13.0 Å². The molecule has 20 heavy (non-hydrogen) atoms. The van der Waals surface area contributed by atoms with E-state index < -0.39 is 0 Å². The molecule has 0 radical (unpaired) electrons. The Hall–Kier alpha value is -1.29. The number of aliphatic hydroxyl groups excluding tert-OH is 1. The highest BCUT2D eigenvalue weighted by Crippen LogP contribution is 2.34. The number of hydrogen-bond acceptors (Lipinski definition) is 3. The number of fused-ring (bicyclic) bond motifs is 1. The van der Waals surface area contributed by atoms with Crippen LogP contribution in [0, 0.1) is 0 Å². The van der Waals surface area contributed by atoms with Gasteiger partial charge in [-0.15, -0.1) is 12.4 Å². The second-order valence-corrected chi connectivity index (χ2v) is 4.60. The first-order chi connectivity index (χ1) is 9.27. The first kappa shape index (κ1) is 16.8. The molecule has 2 aromatic carbocycles. The van der Waals surface area contributed by atoms with Crippen LogP contribution >= 0.6 is 12.4 Å². The molecule has 3 N–H and O–H groups in total. The minimum Gasteiger partial charge on any atom is -0.494 e. The zero-order valence-electron chi connectivity index (χ0n) is 11.7. The van der Waals surface area contributed by atoms with Crippen molar-refractivity contribution in [2.75, 3.05) is 13.2 Å². The molecule has 0 bridgehead atoms. The predicted molar refractivity (Wildman–Crippen MR) is 85.6 cm³/mol. The fraction of sp³-hybridized carbons (Fsp3) is 0.375. The van der Waals surface area contributed by atoms with Crippen LogP contribution in [0.25, 0.3) is 10.8 Å². The fourth-order valence-corrected chi connectivity index (χ4v) is 2.39. The van der Waals surface area contributed by atoms with Gasteiger partial charge in [-0.3, -0.25) is 0 Å². The van der Waals surface area contributed by atoms with Gasteiger partial charge in [-0.25, -0.2) is 0 Å². The van der Waals surface area contributed by atoms with E-state index in [-0.39, 0.29) is 25.1 Å². The maximum atomic E-state index is 8.96. The van der Waals surface area contributed by atoms with Gasteiger partial charge in [0, 0.05) is 18.2 Å². The van der Waals surface area contributed by atoms with Crippen molar-refractivity contribution in [2.24, 2.45) is 5.73 Å². The van der Waals surface area contributed by atoms with E-state index in [1.807, 2.05) is 25.1 Å². The molecule has 2 aromatic rings. The second kappa shape index (κ2) is 8.10. The summed E-state index contributed by atoms with van der Waals surface area (Å²) in [5.74, 6) is 0.853. The van der Waals surface area contributed by atoms with Crippen LogP contribution in [0.15, 0.2) is 36.4 Å². The number of halogens is 1. The third-order valence-corrected chi connectivity index (χ3v) is 3.27. The normalized spacial score (nSPS) is 11.9. The Labute approximate surface area is 126 Å². The molecule has 4 heteroatoms. The highest BCUT2D eigenvalue weighted by Gasteiger charge is 2.15. The van der Waals surface area contributed by atoms with Crippen molar-refractivity contribution in [2.45, 2.75) is 25.8 Å². The molecule has 0 saturated carbocycles. The highest BCUT2D eigenvalue weighted by atomic mass is 35.5. The summed E-state index contributed by atoms with van der Waals surface area (Å²) < 4.78 is 5.70. The first-order valence-corrected chi connectivity index (χ1v) is 6.78. The zero-order valence-corrected chi connectivity index (χ0v) is 12.5. The first-order valence-electron chi connectivity index (χ1n) is 6.78. The van der Waals surface area contributed by atoms with E-state index in [0.717, 1.165) is 23.1 Å². The van der Waals surface area contributed by atoms with E-state index >= 15 is 0 Å². The summed E-state index contributed by atoms with van der Waals surface area (Å²) in [5, 5.41) is 11.3. The van der Waals surface area contributed by atoms with Gasteiger partial charge in [-0.05, 0) is 36.6 Å². The third kappa shape index (κ3) is 3.63. The molecule has 0 heterocycles. The van der Waals surface area contributed by atoms with Crippen LogP contribution in [-0.4, -0.2) is 18.3 Å². The average molecular weight is 296 g/mol.